The largest absolute Gasteiger partial charge is 0.489 e. The third kappa shape index (κ3) is 3.58. The van der Waals surface area contributed by atoms with Gasteiger partial charge >= 0.3 is 0 Å². The molecule has 0 N–H and O–H groups in total. The maximum atomic E-state index is 5.91. The average molecular weight is 403 g/mol. The monoisotopic (exact) mass is 402 g/mol. The molecule has 0 fully saturated rings. The molecule has 2 aromatic carbocycles. The Bertz CT molecular complexity index is 1250. The Morgan fingerprint density at radius 1 is 0.966 bits per heavy atom. The Labute approximate surface area is 171 Å². The van der Waals surface area contributed by atoms with Gasteiger partial charge in [0.05, 0.1) is 12.0 Å². The molecule has 0 bridgehead atoms. The van der Waals surface area contributed by atoms with Crippen molar-refractivity contribution in [2.45, 2.75) is 6.61 Å². The highest BCUT2D eigenvalue weighted by atomic mass is 35.5. The van der Waals surface area contributed by atoms with Gasteiger partial charge in [0, 0.05) is 16.8 Å². The second-order valence-corrected chi connectivity index (χ2v) is 6.83. The minimum Gasteiger partial charge on any atom is -0.489 e. The zero-order valence-corrected chi connectivity index (χ0v) is 16.0. The third-order valence-electron chi connectivity index (χ3n) is 4.45. The molecule has 0 aliphatic heterocycles. The van der Waals surface area contributed by atoms with Crippen LogP contribution in [0.15, 0.2) is 83.6 Å². The number of ether oxygens (including phenoxy) is 1. The van der Waals surface area contributed by atoms with Crippen LogP contribution in [0.3, 0.4) is 0 Å². The van der Waals surface area contributed by atoms with E-state index in [-0.39, 0.29) is 0 Å². The van der Waals surface area contributed by atoms with E-state index in [1.54, 1.807) is 23.0 Å². The van der Waals surface area contributed by atoms with Crippen LogP contribution in [0.4, 0.5) is 0 Å². The fraction of sp³-hybridized carbons (Fsp3) is 0.0455. The highest BCUT2D eigenvalue weighted by molar-refractivity contribution is 6.30. The Kier molecular flexibility index (Phi) is 4.46. The smallest absolute Gasteiger partial charge is 0.253 e. The molecule has 0 unspecified atom stereocenters. The summed E-state index contributed by atoms with van der Waals surface area (Å²) in [5, 5.41) is 5.26. The van der Waals surface area contributed by atoms with Crippen molar-refractivity contribution in [2.75, 3.05) is 0 Å². The molecule has 0 amide bonds. The van der Waals surface area contributed by atoms with Gasteiger partial charge in [-0.1, -0.05) is 23.7 Å². The number of halogens is 1. The van der Waals surface area contributed by atoms with Gasteiger partial charge in [-0.2, -0.15) is 9.50 Å². The van der Waals surface area contributed by atoms with E-state index in [0.29, 0.717) is 29.0 Å². The zero-order valence-electron chi connectivity index (χ0n) is 15.2. The van der Waals surface area contributed by atoms with E-state index in [4.69, 9.17) is 20.8 Å². The normalized spacial score (nSPS) is 11.1. The van der Waals surface area contributed by atoms with Crippen LogP contribution in [0, 0.1) is 0 Å². The molecule has 3 aromatic heterocycles. The first-order valence-corrected chi connectivity index (χ1v) is 9.37. The number of hydrogen-bond donors (Lipinski definition) is 0. The van der Waals surface area contributed by atoms with Crippen molar-refractivity contribution in [1.82, 2.24) is 19.6 Å². The number of hydrogen-bond acceptors (Lipinski definition) is 5. The van der Waals surface area contributed by atoms with Crippen molar-refractivity contribution >= 4 is 17.4 Å². The first-order chi connectivity index (χ1) is 14.3. The van der Waals surface area contributed by atoms with Crippen molar-refractivity contribution < 1.29 is 9.15 Å². The minimum atomic E-state index is 0.478. The molecule has 142 valence electrons. The number of rotatable bonds is 5. The summed E-state index contributed by atoms with van der Waals surface area (Å²) in [7, 11) is 0. The van der Waals surface area contributed by atoms with Crippen LogP contribution in [-0.4, -0.2) is 19.6 Å². The van der Waals surface area contributed by atoms with E-state index in [1.165, 1.54) is 0 Å². The highest BCUT2D eigenvalue weighted by Crippen LogP contribution is 2.24. The maximum absolute atomic E-state index is 5.91. The third-order valence-corrected chi connectivity index (χ3v) is 4.70. The van der Waals surface area contributed by atoms with Gasteiger partial charge in [0.15, 0.2) is 5.76 Å². The molecule has 0 saturated heterocycles. The number of fused-ring (bicyclic) bond motifs is 1. The molecule has 0 saturated carbocycles. The van der Waals surface area contributed by atoms with Gasteiger partial charge in [0.25, 0.3) is 5.78 Å². The average Bonchev–Trinajstić information content (AvgIpc) is 3.43. The van der Waals surface area contributed by atoms with E-state index < -0.39 is 0 Å². The Balaban J connectivity index is 1.39. The van der Waals surface area contributed by atoms with Crippen LogP contribution < -0.4 is 4.74 Å². The van der Waals surface area contributed by atoms with E-state index >= 15 is 0 Å². The molecular formula is C22H15ClN4O2. The lowest BCUT2D eigenvalue weighted by atomic mass is 10.1. The summed E-state index contributed by atoms with van der Waals surface area (Å²) in [5.74, 6) is 2.39. The summed E-state index contributed by atoms with van der Waals surface area (Å²) in [6.07, 6.45) is 3.31. The molecule has 3 heterocycles. The summed E-state index contributed by atoms with van der Waals surface area (Å²) in [4.78, 5) is 8.74. The van der Waals surface area contributed by atoms with Crippen molar-refractivity contribution in [3.05, 3.63) is 89.8 Å². The van der Waals surface area contributed by atoms with Crippen LogP contribution >= 0.6 is 11.6 Å². The molecule has 0 aliphatic carbocycles. The summed E-state index contributed by atoms with van der Waals surface area (Å²) in [6, 6.07) is 21.0. The fourth-order valence-electron chi connectivity index (χ4n) is 2.99. The number of aromatic nitrogens is 4. The molecule has 7 heteroatoms. The van der Waals surface area contributed by atoms with Gasteiger partial charge in [-0.15, -0.1) is 5.10 Å². The second-order valence-electron chi connectivity index (χ2n) is 6.39. The van der Waals surface area contributed by atoms with E-state index in [1.807, 2.05) is 60.7 Å². The van der Waals surface area contributed by atoms with Crippen LogP contribution in [0.25, 0.3) is 28.6 Å². The van der Waals surface area contributed by atoms with Gasteiger partial charge in [-0.25, -0.2) is 4.98 Å². The molecule has 0 spiro atoms. The fourth-order valence-corrected chi connectivity index (χ4v) is 3.12. The molecule has 6 nitrogen and oxygen atoms in total. The zero-order chi connectivity index (χ0) is 19.6. The van der Waals surface area contributed by atoms with Gasteiger partial charge in [0.1, 0.15) is 12.4 Å². The predicted octanol–water partition coefficient (Wildman–Crippen LogP) is 5.28. The van der Waals surface area contributed by atoms with E-state index in [2.05, 4.69) is 15.1 Å². The van der Waals surface area contributed by atoms with Crippen LogP contribution in [0.2, 0.25) is 5.02 Å². The molecule has 5 rings (SSSR count). The summed E-state index contributed by atoms with van der Waals surface area (Å²) >= 11 is 5.91. The van der Waals surface area contributed by atoms with Crippen LogP contribution in [0.1, 0.15) is 5.56 Å². The predicted molar refractivity (Wildman–Crippen MR) is 110 cm³/mol. The van der Waals surface area contributed by atoms with Crippen molar-refractivity contribution in [3.63, 3.8) is 0 Å². The number of nitrogens with zero attached hydrogens (tertiary/aromatic N) is 4. The van der Waals surface area contributed by atoms with Gasteiger partial charge in [-0.3, -0.25) is 0 Å². The van der Waals surface area contributed by atoms with Crippen molar-refractivity contribution in [2.24, 2.45) is 0 Å². The quantitative estimate of drug-likeness (QED) is 0.400. The van der Waals surface area contributed by atoms with Gasteiger partial charge in [-0.05, 0) is 60.2 Å². The van der Waals surface area contributed by atoms with E-state index in [0.717, 1.165) is 22.6 Å². The summed E-state index contributed by atoms with van der Waals surface area (Å²) < 4.78 is 13.0. The first-order valence-electron chi connectivity index (χ1n) is 9.00. The highest BCUT2D eigenvalue weighted by Gasteiger charge is 2.13. The lowest BCUT2D eigenvalue weighted by Crippen LogP contribution is -1.97. The molecule has 5 aromatic rings. The summed E-state index contributed by atoms with van der Waals surface area (Å²) in [5.41, 5.74) is 2.92. The number of furan rings is 1. The summed E-state index contributed by atoms with van der Waals surface area (Å²) in [6.45, 7) is 0.478. The van der Waals surface area contributed by atoms with Gasteiger partial charge < -0.3 is 9.15 Å². The second kappa shape index (κ2) is 7.41. The molecule has 0 radical (unpaired) electrons. The Morgan fingerprint density at radius 2 is 1.79 bits per heavy atom. The molecular weight excluding hydrogens is 388 g/mol. The molecule has 0 aliphatic rings. The number of benzene rings is 2. The molecule has 29 heavy (non-hydrogen) atoms. The minimum absolute atomic E-state index is 0.478. The maximum Gasteiger partial charge on any atom is 0.253 e. The lowest BCUT2D eigenvalue weighted by Gasteiger charge is -2.08. The van der Waals surface area contributed by atoms with Gasteiger partial charge in [0.2, 0.25) is 5.82 Å². The standard InChI is InChI=1S/C22H15ClN4O2/c23-17-7-3-15(4-8-17)14-29-18-9-5-16(6-10-18)19-11-12-24-22-25-21(26-27(19)22)20-2-1-13-28-20/h1-13H,14H2. The Morgan fingerprint density at radius 3 is 2.55 bits per heavy atom. The Hall–Kier alpha value is -3.64. The lowest BCUT2D eigenvalue weighted by molar-refractivity contribution is 0.306. The SMILES string of the molecule is Clc1ccc(COc2ccc(-c3ccnc4nc(-c5ccco5)nn34)cc2)cc1. The van der Waals surface area contributed by atoms with Crippen LogP contribution in [-0.2, 0) is 6.61 Å². The topological polar surface area (TPSA) is 65.5 Å². The van der Waals surface area contributed by atoms with Crippen molar-refractivity contribution in [1.29, 1.82) is 0 Å². The van der Waals surface area contributed by atoms with E-state index in [9.17, 15) is 0 Å². The van der Waals surface area contributed by atoms with Crippen LogP contribution in [0.5, 0.6) is 5.75 Å². The molecule has 0 atom stereocenters. The van der Waals surface area contributed by atoms with Crippen molar-refractivity contribution in [3.8, 4) is 28.6 Å². The first kappa shape index (κ1) is 17.5.